The third-order valence-corrected chi connectivity index (χ3v) is 3.40. The van der Waals surface area contributed by atoms with E-state index in [1.165, 1.54) is 38.9 Å². The van der Waals surface area contributed by atoms with Crippen molar-refractivity contribution in [2.24, 2.45) is 0 Å². The van der Waals surface area contributed by atoms with E-state index in [9.17, 15) is 0 Å². The standard InChI is InChI=1S/C10H20BrNO/c1-2-13-9-3-6-12-7-4-10(11)5-8-12/h10H,2-9H2,1H3. The first kappa shape index (κ1) is 11.5. The highest BCUT2D eigenvalue weighted by Crippen LogP contribution is 2.17. The third-order valence-electron chi connectivity index (χ3n) is 2.48. The number of nitrogens with zero attached hydrogens (tertiary/aromatic N) is 1. The zero-order valence-electron chi connectivity index (χ0n) is 8.47. The lowest BCUT2D eigenvalue weighted by atomic mass is 10.1. The van der Waals surface area contributed by atoms with Crippen LogP contribution in [0.1, 0.15) is 26.2 Å². The summed E-state index contributed by atoms with van der Waals surface area (Å²) >= 11 is 3.66. The van der Waals surface area contributed by atoms with Gasteiger partial charge < -0.3 is 9.64 Å². The third kappa shape index (κ3) is 4.99. The van der Waals surface area contributed by atoms with Crippen molar-refractivity contribution in [2.45, 2.75) is 31.0 Å². The quantitative estimate of drug-likeness (QED) is 0.548. The molecule has 0 atom stereocenters. The summed E-state index contributed by atoms with van der Waals surface area (Å²) in [6.07, 6.45) is 3.78. The minimum absolute atomic E-state index is 0.760. The molecule has 78 valence electrons. The van der Waals surface area contributed by atoms with Gasteiger partial charge in [0.25, 0.3) is 0 Å². The van der Waals surface area contributed by atoms with Crippen LogP contribution >= 0.6 is 15.9 Å². The van der Waals surface area contributed by atoms with Gasteiger partial charge in [-0.05, 0) is 39.3 Å². The minimum Gasteiger partial charge on any atom is -0.382 e. The summed E-state index contributed by atoms with van der Waals surface area (Å²) in [5.41, 5.74) is 0. The van der Waals surface area contributed by atoms with Gasteiger partial charge in [-0.15, -0.1) is 0 Å². The molecule has 0 aromatic heterocycles. The maximum Gasteiger partial charge on any atom is 0.0478 e. The van der Waals surface area contributed by atoms with Gasteiger partial charge in [-0.2, -0.15) is 0 Å². The summed E-state index contributed by atoms with van der Waals surface area (Å²) < 4.78 is 5.31. The smallest absolute Gasteiger partial charge is 0.0478 e. The number of likely N-dealkylation sites (tertiary alicyclic amines) is 1. The van der Waals surface area contributed by atoms with E-state index in [2.05, 4.69) is 27.8 Å². The van der Waals surface area contributed by atoms with Gasteiger partial charge in [0.15, 0.2) is 0 Å². The van der Waals surface area contributed by atoms with Crippen LogP contribution in [0, 0.1) is 0 Å². The molecular formula is C10H20BrNO. The van der Waals surface area contributed by atoms with Crippen molar-refractivity contribution < 1.29 is 4.74 Å². The SMILES string of the molecule is CCOCCCN1CCC(Br)CC1. The van der Waals surface area contributed by atoms with Crippen LogP contribution in [-0.4, -0.2) is 42.6 Å². The van der Waals surface area contributed by atoms with Crippen LogP contribution in [0.3, 0.4) is 0 Å². The predicted molar refractivity (Wildman–Crippen MR) is 59.5 cm³/mol. The molecule has 0 N–H and O–H groups in total. The van der Waals surface area contributed by atoms with Crippen molar-refractivity contribution in [1.29, 1.82) is 0 Å². The lowest BCUT2D eigenvalue weighted by molar-refractivity contribution is 0.128. The second kappa shape index (κ2) is 6.80. The summed E-state index contributed by atoms with van der Waals surface area (Å²) in [5, 5.41) is 0. The molecule has 1 rings (SSSR count). The van der Waals surface area contributed by atoms with Gasteiger partial charge in [0.05, 0.1) is 0 Å². The largest absolute Gasteiger partial charge is 0.382 e. The van der Waals surface area contributed by atoms with Crippen molar-refractivity contribution in [1.82, 2.24) is 4.90 Å². The zero-order chi connectivity index (χ0) is 9.52. The van der Waals surface area contributed by atoms with Crippen molar-refractivity contribution in [3.05, 3.63) is 0 Å². The number of alkyl halides is 1. The maximum absolute atomic E-state index is 5.31. The lowest BCUT2D eigenvalue weighted by Gasteiger charge is -2.29. The second-order valence-electron chi connectivity index (χ2n) is 3.57. The Morgan fingerprint density at radius 3 is 2.69 bits per heavy atom. The fourth-order valence-electron chi connectivity index (χ4n) is 1.66. The number of halogens is 1. The molecule has 0 amide bonds. The van der Waals surface area contributed by atoms with Crippen molar-refractivity contribution in [2.75, 3.05) is 32.8 Å². The average molecular weight is 250 g/mol. The molecule has 3 heteroatoms. The van der Waals surface area contributed by atoms with E-state index in [0.29, 0.717) is 0 Å². The Labute approximate surface area is 89.8 Å². The molecule has 0 aromatic rings. The summed E-state index contributed by atoms with van der Waals surface area (Å²) in [4.78, 5) is 3.30. The molecule has 13 heavy (non-hydrogen) atoms. The molecule has 1 heterocycles. The highest BCUT2D eigenvalue weighted by atomic mass is 79.9. The fourth-order valence-corrected chi connectivity index (χ4v) is 2.07. The maximum atomic E-state index is 5.31. The van der Waals surface area contributed by atoms with Crippen LogP contribution in [0.4, 0.5) is 0 Å². The summed E-state index contributed by atoms with van der Waals surface area (Å²) in [6, 6.07) is 0. The Balaban J connectivity index is 1.96. The summed E-state index contributed by atoms with van der Waals surface area (Å²) in [7, 11) is 0. The molecule has 2 nitrogen and oxygen atoms in total. The van der Waals surface area contributed by atoms with Crippen LogP contribution in [0.5, 0.6) is 0 Å². The molecule has 1 aliphatic heterocycles. The average Bonchev–Trinajstić information content (AvgIpc) is 2.15. The van der Waals surface area contributed by atoms with Crippen LogP contribution in [-0.2, 0) is 4.74 Å². The molecule has 0 unspecified atom stereocenters. The number of rotatable bonds is 5. The topological polar surface area (TPSA) is 12.5 Å². The van der Waals surface area contributed by atoms with Crippen LogP contribution in [0.2, 0.25) is 0 Å². The van der Waals surface area contributed by atoms with Gasteiger partial charge in [0.1, 0.15) is 0 Å². The highest BCUT2D eigenvalue weighted by Gasteiger charge is 2.15. The summed E-state index contributed by atoms with van der Waals surface area (Å²) in [6.45, 7) is 7.54. The van der Waals surface area contributed by atoms with E-state index >= 15 is 0 Å². The highest BCUT2D eigenvalue weighted by molar-refractivity contribution is 9.09. The van der Waals surface area contributed by atoms with Crippen molar-refractivity contribution >= 4 is 15.9 Å². The second-order valence-corrected chi connectivity index (χ2v) is 4.86. The van der Waals surface area contributed by atoms with Crippen LogP contribution < -0.4 is 0 Å². The van der Waals surface area contributed by atoms with Crippen LogP contribution in [0.25, 0.3) is 0 Å². The molecule has 1 fully saturated rings. The van der Waals surface area contributed by atoms with Gasteiger partial charge >= 0.3 is 0 Å². The monoisotopic (exact) mass is 249 g/mol. The normalized spacial score (nSPS) is 20.8. The minimum atomic E-state index is 0.760. The zero-order valence-corrected chi connectivity index (χ0v) is 10.1. The number of hydrogen-bond acceptors (Lipinski definition) is 2. The van der Waals surface area contributed by atoms with Gasteiger partial charge in [-0.1, -0.05) is 15.9 Å². The molecule has 1 aliphatic rings. The molecule has 1 saturated heterocycles. The Hall–Kier alpha value is 0.400. The summed E-state index contributed by atoms with van der Waals surface area (Å²) in [5.74, 6) is 0. The molecule has 0 bridgehead atoms. The van der Waals surface area contributed by atoms with E-state index in [0.717, 1.165) is 18.0 Å². The van der Waals surface area contributed by atoms with Crippen LogP contribution in [0.15, 0.2) is 0 Å². The number of hydrogen-bond donors (Lipinski definition) is 0. The van der Waals surface area contributed by atoms with Gasteiger partial charge in [0, 0.05) is 24.6 Å². The van der Waals surface area contributed by atoms with Crippen molar-refractivity contribution in [3.8, 4) is 0 Å². The molecule has 0 radical (unpaired) electrons. The van der Waals surface area contributed by atoms with E-state index in [4.69, 9.17) is 4.74 Å². The Kier molecular flexibility index (Phi) is 6.00. The number of piperidine rings is 1. The molecule has 0 aromatic carbocycles. The molecule has 0 spiro atoms. The Morgan fingerprint density at radius 1 is 1.38 bits per heavy atom. The first-order chi connectivity index (χ1) is 6.33. The van der Waals surface area contributed by atoms with Gasteiger partial charge in [0.2, 0.25) is 0 Å². The van der Waals surface area contributed by atoms with E-state index in [1.807, 2.05) is 0 Å². The number of ether oxygens (including phenoxy) is 1. The molecule has 0 saturated carbocycles. The molecular weight excluding hydrogens is 230 g/mol. The van der Waals surface area contributed by atoms with Crippen molar-refractivity contribution in [3.63, 3.8) is 0 Å². The van der Waals surface area contributed by atoms with E-state index in [1.54, 1.807) is 0 Å². The molecule has 0 aliphatic carbocycles. The van der Waals surface area contributed by atoms with E-state index < -0.39 is 0 Å². The Morgan fingerprint density at radius 2 is 2.08 bits per heavy atom. The van der Waals surface area contributed by atoms with Gasteiger partial charge in [-0.3, -0.25) is 0 Å². The van der Waals surface area contributed by atoms with E-state index in [-0.39, 0.29) is 0 Å². The predicted octanol–water partition coefficient (Wildman–Crippen LogP) is 2.27. The Bertz CT molecular complexity index is 124. The lowest BCUT2D eigenvalue weighted by Crippen LogP contribution is -2.34. The first-order valence-corrected chi connectivity index (χ1v) is 6.18. The fraction of sp³-hybridized carbons (Fsp3) is 1.00. The first-order valence-electron chi connectivity index (χ1n) is 5.27. The van der Waals surface area contributed by atoms with Gasteiger partial charge in [-0.25, -0.2) is 0 Å².